The van der Waals surface area contributed by atoms with Gasteiger partial charge >= 0.3 is 18.0 Å². The molecule has 0 spiro atoms. The predicted molar refractivity (Wildman–Crippen MR) is 158 cm³/mol. The van der Waals surface area contributed by atoms with Crippen LogP contribution in [0.5, 0.6) is 5.75 Å². The standard InChI is InChI=1S/C30H46N4O9/c1-9-17(2)23(25(37)32-20(26(38)39)14-15-22(31)35)34-24(36)21(33-28(41)43-30(6,7)8)16-18-10-12-19(13-11-18)42-27(40)29(3,4)5/h10-13,17,20-21,23H,9,14-16H2,1-8H3,(H2,31,35)(H,32,37)(H,33,41)(H,34,36)(H,38,39)/t17-,20-,21+,23+/m0/s1. The summed E-state index contributed by atoms with van der Waals surface area (Å²) >= 11 is 0. The monoisotopic (exact) mass is 606 g/mol. The molecule has 0 unspecified atom stereocenters. The third kappa shape index (κ3) is 13.6. The Balaban J connectivity index is 3.22. The summed E-state index contributed by atoms with van der Waals surface area (Å²) in [5.41, 5.74) is 4.17. The van der Waals surface area contributed by atoms with E-state index >= 15 is 0 Å². The summed E-state index contributed by atoms with van der Waals surface area (Å²) < 4.78 is 10.7. The van der Waals surface area contributed by atoms with Gasteiger partial charge in [-0.1, -0.05) is 32.4 Å². The van der Waals surface area contributed by atoms with E-state index in [-0.39, 0.29) is 19.3 Å². The molecule has 0 aliphatic rings. The van der Waals surface area contributed by atoms with Crippen LogP contribution in [0.4, 0.5) is 4.79 Å². The number of benzene rings is 1. The van der Waals surface area contributed by atoms with Gasteiger partial charge in [0.2, 0.25) is 17.7 Å². The highest BCUT2D eigenvalue weighted by atomic mass is 16.6. The van der Waals surface area contributed by atoms with Gasteiger partial charge in [0.05, 0.1) is 5.41 Å². The lowest BCUT2D eigenvalue weighted by Crippen LogP contribution is -2.58. The van der Waals surface area contributed by atoms with Crippen LogP contribution in [0, 0.1) is 11.3 Å². The molecule has 0 bridgehead atoms. The van der Waals surface area contributed by atoms with Crippen molar-refractivity contribution in [3.8, 4) is 5.75 Å². The van der Waals surface area contributed by atoms with Gasteiger partial charge in [-0.25, -0.2) is 9.59 Å². The molecule has 0 fully saturated rings. The molecule has 0 radical (unpaired) electrons. The molecule has 1 aromatic carbocycles. The van der Waals surface area contributed by atoms with Gasteiger partial charge in [0, 0.05) is 12.8 Å². The number of aliphatic carboxylic acids is 1. The summed E-state index contributed by atoms with van der Waals surface area (Å²) in [4.78, 5) is 74.4. The van der Waals surface area contributed by atoms with Crippen molar-refractivity contribution in [1.82, 2.24) is 16.0 Å². The number of carbonyl (C=O) groups is 6. The maximum Gasteiger partial charge on any atom is 0.408 e. The largest absolute Gasteiger partial charge is 0.480 e. The number of rotatable bonds is 14. The molecule has 43 heavy (non-hydrogen) atoms. The maximum atomic E-state index is 13.5. The first-order valence-electron chi connectivity index (χ1n) is 14.2. The van der Waals surface area contributed by atoms with Crippen molar-refractivity contribution in [3.63, 3.8) is 0 Å². The summed E-state index contributed by atoms with van der Waals surface area (Å²) in [6, 6.07) is 2.65. The Morgan fingerprint density at radius 3 is 1.93 bits per heavy atom. The van der Waals surface area contributed by atoms with Crippen molar-refractivity contribution < 1.29 is 43.3 Å². The van der Waals surface area contributed by atoms with E-state index in [1.807, 2.05) is 0 Å². The first-order valence-corrected chi connectivity index (χ1v) is 14.2. The number of ether oxygens (including phenoxy) is 2. The van der Waals surface area contributed by atoms with Crippen LogP contribution in [-0.2, 0) is 35.1 Å². The quantitative estimate of drug-likeness (QED) is 0.156. The molecule has 0 heterocycles. The van der Waals surface area contributed by atoms with Crippen LogP contribution in [-0.4, -0.2) is 64.6 Å². The fourth-order valence-corrected chi connectivity index (χ4v) is 3.61. The van der Waals surface area contributed by atoms with Gasteiger partial charge in [-0.3, -0.25) is 19.2 Å². The van der Waals surface area contributed by atoms with E-state index in [2.05, 4.69) is 16.0 Å². The third-order valence-electron chi connectivity index (χ3n) is 6.28. The normalized spacial score (nSPS) is 14.3. The molecule has 4 atom stereocenters. The van der Waals surface area contributed by atoms with Crippen LogP contribution in [0.25, 0.3) is 0 Å². The topological polar surface area (TPSA) is 203 Å². The zero-order chi connectivity index (χ0) is 33.1. The summed E-state index contributed by atoms with van der Waals surface area (Å²) in [5, 5.41) is 17.1. The van der Waals surface area contributed by atoms with E-state index in [1.54, 1.807) is 79.7 Å². The lowest BCUT2D eigenvalue weighted by Gasteiger charge is -2.28. The van der Waals surface area contributed by atoms with Crippen molar-refractivity contribution in [2.75, 3.05) is 0 Å². The highest BCUT2D eigenvalue weighted by molar-refractivity contribution is 5.93. The Morgan fingerprint density at radius 2 is 1.47 bits per heavy atom. The number of amides is 4. The van der Waals surface area contributed by atoms with Gasteiger partial charge in [-0.15, -0.1) is 0 Å². The zero-order valence-electron chi connectivity index (χ0n) is 26.2. The van der Waals surface area contributed by atoms with Crippen molar-refractivity contribution in [2.45, 2.75) is 105 Å². The number of alkyl carbamates (subject to hydrolysis) is 1. The van der Waals surface area contributed by atoms with Crippen LogP contribution in [0.1, 0.15) is 80.2 Å². The summed E-state index contributed by atoms with van der Waals surface area (Å²) in [6.07, 6.45) is -0.889. The van der Waals surface area contributed by atoms with E-state index < -0.39 is 70.8 Å². The van der Waals surface area contributed by atoms with Crippen LogP contribution >= 0.6 is 0 Å². The lowest BCUT2D eigenvalue weighted by molar-refractivity contribution is -0.143. The molecule has 240 valence electrons. The van der Waals surface area contributed by atoms with Gasteiger partial charge in [0.25, 0.3) is 0 Å². The minimum Gasteiger partial charge on any atom is -0.480 e. The van der Waals surface area contributed by atoms with Gasteiger partial charge < -0.3 is 36.3 Å². The number of hydrogen-bond donors (Lipinski definition) is 5. The summed E-state index contributed by atoms with van der Waals surface area (Å²) in [5.74, 6) is -4.08. The molecule has 0 aromatic heterocycles. The number of nitrogens with two attached hydrogens (primary N) is 1. The molecule has 0 saturated heterocycles. The van der Waals surface area contributed by atoms with Gasteiger partial charge in [0.1, 0.15) is 29.5 Å². The SMILES string of the molecule is CC[C@H](C)[C@@H](NC(=O)[C@@H](Cc1ccc(OC(=O)C(C)(C)C)cc1)NC(=O)OC(C)(C)C)C(=O)N[C@@H](CCC(N)=O)C(=O)O. The van der Waals surface area contributed by atoms with E-state index in [0.717, 1.165) is 0 Å². The summed E-state index contributed by atoms with van der Waals surface area (Å²) in [7, 11) is 0. The molecule has 0 aliphatic heterocycles. The fraction of sp³-hybridized carbons (Fsp3) is 0.600. The van der Waals surface area contributed by atoms with Crippen molar-refractivity contribution in [2.24, 2.45) is 17.1 Å². The van der Waals surface area contributed by atoms with Gasteiger partial charge in [-0.05, 0) is 71.6 Å². The average molecular weight is 607 g/mol. The number of carboxylic acid groups (broad SMARTS) is 1. The van der Waals surface area contributed by atoms with Crippen molar-refractivity contribution >= 4 is 35.8 Å². The first kappa shape index (κ1) is 36.9. The molecule has 1 rings (SSSR count). The van der Waals surface area contributed by atoms with Crippen LogP contribution < -0.4 is 26.4 Å². The number of carboxylic acids is 1. The molecular formula is C30H46N4O9. The Morgan fingerprint density at radius 1 is 0.884 bits per heavy atom. The zero-order valence-corrected chi connectivity index (χ0v) is 26.2. The molecule has 13 nitrogen and oxygen atoms in total. The molecule has 0 aliphatic carbocycles. The first-order chi connectivity index (χ1) is 19.7. The highest BCUT2D eigenvalue weighted by Gasteiger charge is 2.33. The highest BCUT2D eigenvalue weighted by Crippen LogP contribution is 2.20. The number of hydrogen-bond acceptors (Lipinski definition) is 8. The Hall–Kier alpha value is -4.16. The van der Waals surface area contributed by atoms with E-state index in [1.165, 1.54) is 0 Å². The molecule has 6 N–H and O–H groups in total. The Bertz CT molecular complexity index is 1150. The van der Waals surface area contributed by atoms with E-state index in [0.29, 0.717) is 17.7 Å². The predicted octanol–water partition coefficient (Wildman–Crippen LogP) is 2.44. The number of nitrogens with one attached hydrogen (secondary N) is 3. The Kier molecular flexibility index (Phi) is 13.6. The summed E-state index contributed by atoms with van der Waals surface area (Å²) in [6.45, 7) is 13.7. The molecule has 0 saturated carbocycles. The van der Waals surface area contributed by atoms with E-state index in [9.17, 15) is 33.9 Å². The average Bonchev–Trinajstić information content (AvgIpc) is 2.87. The fourth-order valence-electron chi connectivity index (χ4n) is 3.61. The minimum atomic E-state index is -1.40. The molecule has 13 heteroatoms. The lowest BCUT2D eigenvalue weighted by atomic mass is 9.96. The number of carbonyl (C=O) groups excluding carboxylic acids is 5. The van der Waals surface area contributed by atoms with Crippen molar-refractivity contribution in [1.29, 1.82) is 0 Å². The second kappa shape index (κ2) is 15.9. The number of primary amides is 1. The number of esters is 1. The molecule has 1 aromatic rings. The molecule has 4 amide bonds. The Labute approximate surface area is 252 Å². The third-order valence-corrected chi connectivity index (χ3v) is 6.28. The van der Waals surface area contributed by atoms with Crippen LogP contribution in [0.3, 0.4) is 0 Å². The second-order valence-corrected chi connectivity index (χ2v) is 12.5. The van der Waals surface area contributed by atoms with E-state index in [4.69, 9.17) is 15.2 Å². The van der Waals surface area contributed by atoms with Crippen molar-refractivity contribution in [3.05, 3.63) is 29.8 Å². The second-order valence-electron chi connectivity index (χ2n) is 12.5. The minimum absolute atomic E-state index is 0.0101. The van der Waals surface area contributed by atoms with Crippen LogP contribution in [0.15, 0.2) is 24.3 Å². The van der Waals surface area contributed by atoms with Gasteiger partial charge in [0.15, 0.2) is 0 Å². The van der Waals surface area contributed by atoms with Crippen LogP contribution in [0.2, 0.25) is 0 Å². The maximum absolute atomic E-state index is 13.5. The van der Waals surface area contributed by atoms with Gasteiger partial charge in [-0.2, -0.15) is 0 Å². The smallest absolute Gasteiger partial charge is 0.408 e. The molecular weight excluding hydrogens is 560 g/mol.